The molecule has 0 amide bonds. The van der Waals surface area contributed by atoms with Gasteiger partial charge in [-0.3, -0.25) is 5.43 Å². The van der Waals surface area contributed by atoms with E-state index in [-0.39, 0.29) is 0 Å². The van der Waals surface area contributed by atoms with Gasteiger partial charge in [-0.15, -0.1) is 0 Å². The van der Waals surface area contributed by atoms with Gasteiger partial charge < -0.3 is 11.1 Å². The second kappa shape index (κ2) is 8.72. The molecule has 2 aromatic carbocycles. The van der Waals surface area contributed by atoms with Crippen LogP contribution in [0.15, 0.2) is 66.4 Å². The highest BCUT2D eigenvalue weighted by Gasteiger charge is 2.02. The molecule has 0 unspecified atom stereocenters. The van der Waals surface area contributed by atoms with E-state index in [4.69, 9.17) is 5.73 Å². The third-order valence-electron chi connectivity index (χ3n) is 4.31. The van der Waals surface area contributed by atoms with Crippen molar-refractivity contribution in [2.45, 2.75) is 13.8 Å². The van der Waals surface area contributed by atoms with E-state index in [1.165, 1.54) is 0 Å². The lowest BCUT2D eigenvalue weighted by Gasteiger charge is -2.08. The van der Waals surface area contributed by atoms with Gasteiger partial charge in [0.25, 0.3) is 0 Å². The van der Waals surface area contributed by atoms with Crippen LogP contribution in [0.25, 0.3) is 11.8 Å². The molecule has 0 bridgehead atoms. The second-order valence-electron chi connectivity index (χ2n) is 6.08. The predicted molar refractivity (Wildman–Crippen MR) is 114 cm³/mol. The number of likely N-dealkylation sites (N-methyl/N-ethyl adjacent to an activating group) is 1. The molecule has 0 radical (unpaired) electrons. The largest absolute Gasteiger partial charge is 0.399 e. The number of nitrogens with two attached hydrogens (primary N) is 1. The number of benzene rings is 2. The molecule has 26 heavy (non-hydrogen) atoms. The quantitative estimate of drug-likeness (QED) is 0.304. The van der Waals surface area contributed by atoms with Crippen LogP contribution in [-0.4, -0.2) is 13.3 Å². The molecule has 0 saturated carbocycles. The van der Waals surface area contributed by atoms with Gasteiger partial charge in [0.05, 0.1) is 11.9 Å². The SMILES string of the molecule is C=C(/C=C/c1cccc(C(=C)N/N=C/c2ccc(N)c(C)c2C)c1)NC. The van der Waals surface area contributed by atoms with Crippen molar-refractivity contribution in [3.8, 4) is 0 Å². The van der Waals surface area contributed by atoms with Crippen molar-refractivity contribution in [2.75, 3.05) is 12.8 Å². The first kappa shape index (κ1) is 19.1. The number of nitrogens with zero attached hydrogens (tertiary/aromatic N) is 1. The Balaban J connectivity index is 2.07. The predicted octanol–water partition coefficient (Wildman–Crippen LogP) is 4.23. The van der Waals surface area contributed by atoms with Crippen LogP contribution in [0, 0.1) is 13.8 Å². The van der Waals surface area contributed by atoms with Crippen LogP contribution >= 0.6 is 0 Å². The zero-order chi connectivity index (χ0) is 19.1. The highest BCUT2D eigenvalue weighted by molar-refractivity contribution is 5.83. The molecule has 4 N–H and O–H groups in total. The van der Waals surface area contributed by atoms with Gasteiger partial charge in [0.1, 0.15) is 0 Å². The summed E-state index contributed by atoms with van der Waals surface area (Å²) in [7, 11) is 1.84. The van der Waals surface area contributed by atoms with Crippen LogP contribution in [0.1, 0.15) is 27.8 Å². The van der Waals surface area contributed by atoms with Gasteiger partial charge >= 0.3 is 0 Å². The lowest BCUT2D eigenvalue weighted by molar-refractivity contribution is 1.00. The molecule has 2 aromatic rings. The minimum absolute atomic E-state index is 0.730. The summed E-state index contributed by atoms with van der Waals surface area (Å²) in [4.78, 5) is 0. The molecular weight excluding hydrogens is 320 g/mol. The van der Waals surface area contributed by atoms with E-state index in [0.717, 1.165) is 44.9 Å². The van der Waals surface area contributed by atoms with Gasteiger partial charge in [-0.05, 0) is 59.9 Å². The van der Waals surface area contributed by atoms with Crippen molar-refractivity contribution in [3.05, 3.63) is 89.1 Å². The number of nitrogen functional groups attached to an aromatic ring is 1. The zero-order valence-electron chi connectivity index (χ0n) is 15.6. The Bertz CT molecular complexity index is 876. The number of hydrogen-bond acceptors (Lipinski definition) is 4. The summed E-state index contributed by atoms with van der Waals surface area (Å²) in [6.07, 6.45) is 5.71. The molecule has 0 aliphatic rings. The second-order valence-corrected chi connectivity index (χ2v) is 6.08. The zero-order valence-corrected chi connectivity index (χ0v) is 15.6. The Kier molecular flexibility index (Phi) is 6.39. The minimum Gasteiger partial charge on any atom is -0.399 e. The number of hydrogen-bond donors (Lipinski definition) is 3. The Labute approximate surface area is 155 Å². The third-order valence-corrected chi connectivity index (χ3v) is 4.31. The lowest BCUT2D eigenvalue weighted by atomic mass is 10.0. The first-order valence-electron chi connectivity index (χ1n) is 8.41. The van der Waals surface area contributed by atoms with Gasteiger partial charge in [-0.25, -0.2) is 0 Å². The van der Waals surface area contributed by atoms with Gasteiger partial charge in [-0.1, -0.05) is 43.5 Å². The standard InChI is InChI=1S/C22H26N4/c1-15(24-5)9-10-19-7-6-8-20(13-19)18(4)26-25-14-21-11-12-22(23)17(3)16(21)2/h6-14,24,26H,1,4,23H2,2-3,5H3/b10-9+,25-14+. The molecule has 4 heteroatoms. The van der Waals surface area contributed by atoms with Gasteiger partial charge in [-0.2, -0.15) is 5.10 Å². The van der Waals surface area contributed by atoms with E-state index in [2.05, 4.69) is 29.0 Å². The van der Waals surface area contributed by atoms with E-state index < -0.39 is 0 Å². The van der Waals surface area contributed by atoms with Gasteiger partial charge in [0.15, 0.2) is 0 Å². The Morgan fingerprint density at radius 3 is 2.62 bits per heavy atom. The van der Waals surface area contributed by atoms with Crippen LogP contribution in [0.2, 0.25) is 0 Å². The van der Waals surface area contributed by atoms with E-state index in [0.29, 0.717) is 0 Å². The average molecular weight is 346 g/mol. The summed E-state index contributed by atoms with van der Waals surface area (Å²) in [6, 6.07) is 11.9. The average Bonchev–Trinajstić information content (AvgIpc) is 2.66. The molecule has 134 valence electrons. The van der Waals surface area contributed by atoms with Gasteiger partial charge in [0.2, 0.25) is 0 Å². The highest BCUT2D eigenvalue weighted by Crippen LogP contribution is 2.18. The molecule has 0 spiro atoms. The number of rotatable bonds is 7. The molecule has 0 aliphatic heterocycles. The molecule has 0 aromatic heterocycles. The summed E-state index contributed by atoms with van der Waals surface area (Å²) in [5, 5.41) is 7.30. The molecule has 4 nitrogen and oxygen atoms in total. The first-order valence-corrected chi connectivity index (χ1v) is 8.41. The molecule has 0 atom stereocenters. The minimum atomic E-state index is 0.730. The highest BCUT2D eigenvalue weighted by atomic mass is 15.3. The van der Waals surface area contributed by atoms with Crippen molar-refractivity contribution in [1.82, 2.24) is 10.7 Å². The molecule has 0 fully saturated rings. The van der Waals surface area contributed by atoms with Crippen molar-refractivity contribution < 1.29 is 0 Å². The number of nitrogens with one attached hydrogen (secondary N) is 2. The Morgan fingerprint density at radius 2 is 1.88 bits per heavy atom. The van der Waals surface area contributed by atoms with Crippen LogP contribution in [0.4, 0.5) is 5.69 Å². The topological polar surface area (TPSA) is 62.4 Å². The summed E-state index contributed by atoms with van der Waals surface area (Å²) in [5.74, 6) is 0. The molecule has 0 heterocycles. The molecule has 0 aliphatic carbocycles. The fraction of sp³-hybridized carbons (Fsp3) is 0.136. The maximum absolute atomic E-state index is 5.92. The van der Waals surface area contributed by atoms with Crippen molar-refractivity contribution in [3.63, 3.8) is 0 Å². The summed E-state index contributed by atoms with van der Waals surface area (Å²) in [5.41, 5.74) is 16.6. The van der Waals surface area contributed by atoms with Crippen LogP contribution in [-0.2, 0) is 0 Å². The van der Waals surface area contributed by atoms with E-state index in [1.54, 1.807) is 6.21 Å². The Hall–Kier alpha value is -3.27. The van der Waals surface area contributed by atoms with Crippen molar-refractivity contribution >= 4 is 23.7 Å². The van der Waals surface area contributed by atoms with Crippen molar-refractivity contribution in [1.29, 1.82) is 0 Å². The number of hydrazone groups is 1. The van der Waals surface area contributed by atoms with E-state index in [9.17, 15) is 0 Å². The van der Waals surface area contributed by atoms with E-state index >= 15 is 0 Å². The summed E-state index contributed by atoms with van der Waals surface area (Å²) < 4.78 is 0. The van der Waals surface area contributed by atoms with Gasteiger partial charge in [0, 0.05) is 18.4 Å². The molecular formula is C22H26N4. The smallest absolute Gasteiger partial charge is 0.0562 e. The fourth-order valence-electron chi connectivity index (χ4n) is 2.36. The van der Waals surface area contributed by atoms with Crippen molar-refractivity contribution in [2.24, 2.45) is 5.10 Å². The van der Waals surface area contributed by atoms with Crippen LogP contribution < -0.4 is 16.5 Å². The van der Waals surface area contributed by atoms with Crippen LogP contribution in [0.3, 0.4) is 0 Å². The maximum Gasteiger partial charge on any atom is 0.0562 e. The Morgan fingerprint density at radius 1 is 1.12 bits per heavy atom. The lowest BCUT2D eigenvalue weighted by Crippen LogP contribution is -2.05. The monoisotopic (exact) mass is 346 g/mol. The maximum atomic E-state index is 5.92. The summed E-state index contributed by atoms with van der Waals surface area (Å²) >= 11 is 0. The normalized spacial score (nSPS) is 11.0. The number of allylic oxidation sites excluding steroid dienone is 1. The summed E-state index contributed by atoms with van der Waals surface area (Å²) in [6.45, 7) is 12.0. The van der Waals surface area contributed by atoms with Crippen LogP contribution in [0.5, 0.6) is 0 Å². The molecule has 2 rings (SSSR count). The first-order chi connectivity index (χ1) is 12.4. The third kappa shape index (κ3) is 4.86. The molecule has 0 saturated heterocycles. The number of anilines is 1. The fourth-order valence-corrected chi connectivity index (χ4v) is 2.36. The van der Waals surface area contributed by atoms with E-state index in [1.807, 2.05) is 69.4 Å².